The van der Waals surface area contributed by atoms with E-state index in [2.05, 4.69) is 53.5 Å². The SMILES string of the molecule is COc1ccc(C(=O)n2nc(-c3ccco3)nc2NCc2ccc(C(C)C)cc2)cc1. The molecule has 7 heteroatoms. The fraction of sp³-hybridized carbons (Fsp3) is 0.208. The largest absolute Gasteiger partial charge is 0.497 e. The van der Waals surface area contributed by atoms with Crippen LogP contribution in [0.15, 0.2) is 71.3 Å². The predicted octanol–water partition coefficient (Wildman–Crippen LogP) is 4.97. The van der Waals surface area contributed by atoms with E-state index in [0.29, 0.717) is 41.3 Å². The van der Waals surface area contributed by atoms with Gasteiger partial charge >= 0.3 is 0 Å². The second kappa shape index (κ2) is 8.87. The molecular weight excluding hydrogens is 392 g/mol. The van der Waals surface area contributed by atoms with E-state index >= 15 is 0 Å². The summed E-state index contributed by atoms with van der Waals surface area (Å²) in [5.41, 5.74) is 2.83. The van der Waals surface area contributed by atoms with Gasteiger partial charge in [-0.05, 0) is 53.4 Å². The van der Waals surface area contributed by atoms with Gasteiger partial charge in [-0.3, -0.25) is 4.79 Å². The summed E-state index contributed by atoms with van der Waals surface area (Å²) in [4.78, 5) is 17.6. The third-order valence-electron chi connectivity index (χ3n) is 4.98. The molecule has 0 saturated carbocycles. The number of rotatable bonds is 7. The molecule has 2 aromatic heterocycles. The Bertz CT molecular complexity index is 1140. The highest BCUT2D eigenvalue weighted by atomic mass is 16.5. The Kier molecular flexibility index (Phi) is 5.84. The monoisotopic (exact) mass is 416 g/mol. The molecule has 4 rings (SSSR count). The molecule has 4 aromatic rings. The van der Waals surface area contributed by atoms with E-state index in [1.165, 1.54) is 10.2 Å². The van der Waals surface area contributed by atoms with Gasteiger partial charge in [0.2, 0.25) is 11.8 Å². The van der Waals surface area contributed by atoms with Crippen molar-refractivity contribution in [2.75, 3.05) is 12.4 Å². The molecule has 31 heavy (non-hydrogen) atoms. The van der Waals surface area contributed by atoms with Crippen molar-refractivity contribution in [3.8, 4) is 17.3 Å². The number of methoxy groups -OCH3 is 1. The maximum atomic E-state index is 13.1. The predicted molar refractivity (Wildman–Crippen MR) is 118 cm³/mol. The summed E-state index contributed by atoms with van der Waals surface area (Å²) in [5, 5.41) is 7.63. The fourth-order valence-corrected chi connectivity index (χ4v) is 3.14. The zero-order valence-electron chi connectivity index (χ0n) is 17.7. The van der Waals surface area contributed by atoms with Crippen molar-refractivity contribution in [2.45, 2.75) is 26.3 Å². The van der Waals surface area contributed by atoms with E-state index in [4.69, 9.17) is 9.15 Å². The van der Waals surface area contributed by atoms with Gasteiger partial charge in [0, 0.05) is 12.1 Å². The minimum Gasteiger partial charge on any atom is -0.497 e. The molecule has 0 spiro atoms. The normalized spacial score (nSPS) is 11.0. The van der Waals surface area contributed by atoms with Crippen LogP contribution in [0.5, 0.6) is 5.75 Å². The first-order valence-electron chi connectivity index (χ1n) is 10.1. The molecule has 0 amide bonds. The number of hydrogen-bond acceptors (Lipinski definition) is 6. The van der Waals surface area contributed by atoms with Crippen LogP contribution >= 0.6 is 0 Å². The van der Waals surface area contributed by atoms with E-state index < -0.39 is 0 Å². The lowest BCUT2D eigenvalue weighted by Crippen LogP contribution is -2.17. The summed E-state index contributed by atoms with van der Waals surface area (Å²) in [6, 6.07) is 18.8. The second-order valence-electron chi connectivity index (χ2n) is 7.43. The molecule has 0 atom stereocenters. The van der Waals surface area contributed by atoms with Crippen molar-refractivity contribution < 1.29 is 13.9 Å². The van der Waals surface area contributed by atoms with Crippen LogP contribution in [0.4, 0.5) is 5.95 Å². The van der Waals surface area contributed by atoms with E-state index in [9.17, 15) is 4.79 Å². The number of aromatic nitrogens is 3. The molecule has 0 radical (unpaired) electrons. The van der Waals surface area contributed by atoms with Crippen LogP contribution in [0.2, 0.25) is 0 Å². The van der Waals surface area contributed by atoms with E-state index in [-0.39, 0.29) is 5.91 Å². The van der Waals surface area contributed by atoms with Gasteiger partial charge in [0.1, 0.15) is 5.75 Å². The number of carbonyl (C=O) groups excluding carboxylic acids is 1. The van der Waals surface area contributed by atoms with Crippen molar-refractivity contribution >= 4 is 11.9 Å². The van der Waals surface area contributed by atoms with Crippen LogP contribution < -0.4 is 10.1 Å². The first kappa shape index (κ1) is 20.4. The minimum atomic E-state index is -0.300. The number of nitrogens with one attached hydrogen (secondary N) is 1. The molecule has 0 aliphatic rings. The highest BCUT2D eigenvalue weighted by molar-refractivity contribution is 5.97. The number of hydrogen-bond donors (Lipinski definition) is 1. The van der Waals surface area contributed by atoms with Gasteiger partial charge in [0.25, 0.3) is 5.91 Å². The highest BCUT2D eigenvalue weighted by Gasteiger charge is 2.20. The summed E-state index contributed by atoms with van der Waals surface area (Å²) >= 11 is 0. The molecule has 0 fully saturated rings. The Morgan fingerprint density at radius 3 is 2.45 bits per heavy atom. The van der Waals surface area contributed by atoms with Gasteiger partial charge in [-0.25, -0.2) is 0 Å². The van der Waals surface area contributed by atoms with Crippen LogP contribution in [0.1, 0.15) is 41.3 Å². The maximum Gasteiger partial charge on any atom is 0.281 e. The quantitative estimate of drug-likeness (QED) is 0.458. The van der Waals surface area contributed by atoms with Crippen molar-refractivity contribution in [2.24, 2.45) is 0 Å². The number of carbonyl (C=O) groups is 1. The van der Waals surface area contributed by atoms with Gasteiger partial charge in [0.15, 0.2) is 5.76 Å². The van der Waals surface area contributed by atoms with Gasteiger partial charge < -0.3 is 14.5 Å². The number of anilines is 1. The highest BCUT2D eigenvalue weighted by Crippen LogP contribution is 2.21. The number of benzene rings is 2. The van der Waals surface area contributed by atoms with Crippen LogP contribution in [-0.2, 0) is 6.54 Å². The zero-order valence-corrected chi connectivity index (χ0v) is 17.7. The maximum absolute atomic E-state index is 13.1. The van der Waals surface area contributed by atoms with Crippen molar-refractivity contribution in [3.05, 3.63) is 83.6 Å². The van der Waals surface area contributed by atoms with Crippen LogP contribution in [0.3, 0.4) is 0 Å². The summed E-state index contributed by atoms with van der Waals surface area (Å²) in [6.07, 6.45) is 1.55. The molecule has 2 heterocycles. The lowest BCUT2D eigenvalue weighted by molar-refractivity contribution is 0.0947. The second-order valence-corrected chi connectivity index (χ2v) is 7.43. The lowest BCUT2D eigenvalue weighted by Gasteiger charge is -2.09. The van der Waals surface area contributed by atoms with Crippen LogP contribution in [0.25, 0.3) is 11.6 Å². The Labute approximate surface area is 180 Å². The number of furan rings is 1. The summed E-state index contributed by atoms with van der Waals surface area (Å²) in [6.45, 7) is 4.83. The smallest absolute Gasteiger partial charge is 0.281 e. The van der Waals surface area contributed by atoms with E-state index in [0.717, 1.165) is 5.56 Å². The molecule has 0 saturated heterocycles. The van der Waals surface area contributed by atoms with Gasteiger partial charge in [-0.1, -0.05) is 38.1 Å². The molecular formula is C24H24N4O3. The van der Waals surface area contributed by atoms with Crippen molar-refractivity contribution in [1.29, 1.82) is 0 Å². The van der Waals surface area contributed by atoms with Crippen molar-refractivity contribution in [3.63, 3.8) is 0 Å². The topological polar surface area (TPSA) is 82.2 Å². The van der Waals surface area contributed by atoms with Crippen LogP contribution in [-0.4, -0.2) is 27.8 Å². The van der Waals surface area contributed by atoms with Crippen LogP contribution in [0, 0.1) is 0 Å². The zero-order chi connectivity index (χ0) is 21.8. The Balaban J connectivity index is 1.61. The molecule has 0 aliphatic carbocycles. The summed E-state index contributed by atoms with van der Waals surface area (Å²) < 4.78 is 11.8. The van der Waals surface area contributed by atoms with Gasteiger partial charge in [0.05, 0.1) is 13.4 Å². The fourth-order valence-electron chi connectivity index (χ4n) is 3.14. The van der Waals surface area contributed by atoms with E-state index in [1.54, 1.807) is 49.8 Å². The Morgan fingerprint density at radius 2 is 1.84 bits per heavy atom. The summed E-state index contributed by atoms with van der Waals surface area (Å²) in [5.74, 6) is 2.03. The van der Waals surface area contributed by atoms with E-state index in [1.807, 2.05) is 0 Å². The molecule has 1 N–H and O–H groups in total. The minimum absolute atomic E-state index is 0.300. The molecule has 2 aromatic carbocycles. The molecule has 7 nitrogen and oxygen atoms in total. The standard InChI is InChI=1S/C24H24N4O3/c1-16(2)18-8-6-17(7-9-18)15-25-24-26-22(21-5-4-14-31-21)27-28(24)23(29)19-10-12-20(30-3)13-11-19/h4-14,16H,15H2,1-3H3,(H,25,26,27). The first-order chi connectivity index (χ1) is 15.0. The van der Waals surface area contributed by atoms with Gasteiger partial charge in [-0.2, -0.15) is 9.67 Å². The third kappa shape index (κ3) is 4.50. The number of ether oxygens (including phenoxy) is 1. The third-order valence-corrected chi connectivity index (χ3v) is 4.98. The van der Waals surface area contributed by atoms with Gasteiger partial charge in [-0.15, -0.1) is 5.10 Å². The van der Waals surface area contributed by atoms with Crippen molar-refractivity contribution in [1.82, 2.24) is 14.8 Å². The average Bonchev–Trinajstić information content (AvgIpc) is 3.47. The average molecular weight is 416 g/mol. The molecule has 0 unspecified atom stereocenters. The first-order valence-corrected chi connectivity index (χ1v) is 10.1. The number of nitrogens with zero attached hydrogens (tertiary/aromatic N) is 3. The Hall–Kier alpha value is -3.87. The summed E-state index contributed by atoms with van der Waals surface area (Å²) in [7, 11) is 1.58. The molecule has 0 bridgehead atoms. The Morgan fingerprint density at radius 1 is 1.10 bits per heavy atom. The molecule has 158 valence electrons. The lowest BCUT2D eigenvalue weighted by atomic mass is 10.0. The molecule has 0 aliphatic heterocycles.